The summed E-state index contributed by atoms with van der Waals surface area (Å²) in [5.41, 5.74) is 3.87. The Morgan fingerprint density at radius 3 is 2.78 bits per heavy atom. The minimum Gasteiger partial charge on any atom is -0.338 e. The molecule has 0 saturated carbocycles. The van der Waals surface area contributed by atoms with Gasteiger partial charge in [-0.3, -0.25) is 14.6 Å². The fourth-order valence-corrected chi connectivity index (χ4v) is 3.74. The molecular weight excluding hydrogens is 340 g/mol. The molecule has 1 aromatic heterocycles. The van der Waals surface area contributed by atoms with Crippen LogP contribution in [-0.4, -0.2) is 47.7 Å². The van der Waals surface area contributed by atoms with E-state index in [9.17, 15) is 9.59 Å². The van der Waals surface area contributed by atoms with Crippen molar-refractivity contribution >= 4 is 17.5 Å². The van der Waals surface area contributed by atoms with E-state index in [2.05, 4.69) is 21.3 Å². The van der Waals surface area contributed by atoms with E-state index in [1.165, 1.54) is 0 Å². The molecule has 6 nitrogen and oxygen atoms in total. The van der Waals surface area contributed by atoms with Gasteiger partial charge in [0.05, 0.1) is 12.0 Å². The number of anilines is 1. The highest BCUT2D eigenvalue weighted by atomic mass is 16.2. The molecule has 1 saturated heterocycles. The first-order valence-corrected chi connectivity index (χ1v) is 9.07. The predicted octanol–water partition coefficient (Wildman–Crippen LogP) is 2.61. The number of aromatic nitrogens is 1. The van der Waals surface area contributed by atoms with Crippen LogP contribution in [0.3, 0.4) is 0 Å². The molecule has 1 aliphatic rings. The quantitative estimate of drug-likeness (QED) is 0.883. The number of nitrogens with zero attached hydrogens (tertiary/aromatic N) is 3. The van der Waals surface area contributed by atoms with Crippen LogP contribution < -0.4 is 5.32 Å². The highest BCUT2D eigenvalue weighted by Gasteiger charge is 2.42. The Bertz CT molecular complexity index is 835. The zero-order valence-corrected chi connectivity index (χ0v) is 16.3. The highest BCUT2D eigenvalue weighted by molar-refractivity contribution is 5.98. The minimum absolute atomic E-state index is 0.0263. The predicted molar refractivity (Wildman–Crippen MR) is 105 cm³/mol. The molecule has 142 valence electrons. The van der Waals surface area contributed by atoms with E-state index in [0.29, 0.717) is 0 Å². The topological polar surface area (TPSA) is 65.5 Å². The van der Waals surface area contributed by atoms with Crippen molar-refractivity contribution < 1.29 is 9.59 Å². The van der Waals surface area contributed by atoms with Crippen LogP contribution in [0.1, 0.15) is 29.2 Å². The molecule has 0 radical (unpaired) electrons. The van der Waals surface area contributed by atoms with Gasteiger partial charge in [-0.25, -0.2) is 0 Å². The lowest BCUT2D eigenvalue weighted by Crippen LogP contribution is -2.30. The average molecular weight is 366 g/mol. The third-order valence-electron chi connectivity index (χ3n) is 4.85. The van der Waals surface area contributed by atoms with E-state index in [-0.39, 0.29) is 24.3 Å². The van der Waals surface area contributed by atoms with Gasteiger partial charge in [0, 0.05) is 38.1 Å². The lowest BCUT2D eigenvalue weighted by molar-refractivity contribution is -0.127. The van der Waals surface area contributed by atoms with Crippen LogP contribution in [0.2, 0.25) is 0 Å². The molecule has 2 amide bonds. The van der Waals surface area contributed by atoms with E-state index in [0.717, 1.165) is 28.9 Å². The van der Waals surface area contributed by atoms with Crippen LogP contribution in [-0.2, 0) is 16.1 Å². The molecule has 2 unspecified atom stereocenters. The summed E-state index contributed by atoms with van der Waals surface area (Å²) in [6, 6.07) is 9.50. The number of likely N-dealkylation sites (tertiary alicyclic amines) is 1. The maximum absolute atomic E-state index is 13.0. The Hall–Kier alpha value is -2.73. The molecule has 2 heterocycles. The normalized spacial score (nSPS) is 19.6. The first-order valence-electron chi connectivity index (χ1n) is 9.07. The average Bonchev–Trinajstić information content (AvgIpc) is 2.90. The van der Waals surface area contributed by atoms with Gasteiger partial charge in [-0.1, -0.05) is 12.1 Å². The van der Waals surface area contributed by atoms with Crippen LogP contribution in [0.25, 0.3) is 0 Å². The van der Waals surface area contributed by atoms with Gasteiger partial charge < -0.3 is 15.1 Å². The Kier molecular flexibility index (Phi) is 5.56. The summed E-state index contributed by atoms with van der Waals surface area (Å²) in [5, 5.41) is 3.02. The number of rotatable bonds is 5. The van der Waals surface area contributed by atoms with Gasteiger partial charge in [-0.2, -0.15) is 0 Å². The smallest absolute Gasteiger partial charge is 0.230 e. The molecule has 27 heavy (non-hydrogen) atoms. The number of nitrogens with one attached hydrogen (secondary N) is 1. The summed E-state index contributed by atoms with van der Waals surface area (Å²) in [6.45, 7) is 2.81. The lowest BCUT2D eigenvalue weighted by Gasteiger charge is -2.24. The molecule has 1 aliphatic heterocycles. The molecule has 2 atom stereocenters. The maximum Gasteiger partial charge on any atom is 0.230 e. The fourth-order valence-electron chi connectivity index (χ4n) is 3.74. The van der Waals surface area contributed by atoms with E-state index in [1.54, 1.807) is 24.3 Å². The summed E-state index contributed by atoms with van der Waals surface area (Å²) in [6.07, 6.45) is 3.62. The van der Waals surface area contributed by atoms with Crippen LogP contribution in [0.5, 0.6) is 0 Å². The molecule has 6 heteroatoms. The monoisotopic (exact) mass is 366 g/mol. The van der Waals surface area contributed by atoms with E-state index < -0.39 is 5.92 Å². The largest absolute Gasteiger partial charge is 0.338 e. The number of carbonyl (C=O) groups is 2. The van der Waals surface area contributed by atoms with E-state index >= 15 is 0 Å². The lowest BCUT2D eigenvalue weighted by atomic mass is 9.93. The number of pyridine rings is 1. The van der Waals surface area contributed by atoms with Crippen LogP contribution in [0, 0.1) is 12.8 Å². The number of hydrogen-bond donors (Lipinski definition) is 1. The summed E-state index contributed by atoms with van der Waals surface area (Å²) in [4.78, 5) is 33.2. The SMILES string of the molecule is Cc1cc(CN(C)C)cc(NC(=O)C2CC(=O)N(C)C2c2cccnc2)c1. The highest BCUT2D eigenvalue weighted by Crippen LogP contribution is 2.37. The van der Waals surface area contributed by atoms with Gasteiger partial charge >= 0.3 is 0 Å². The third kappa shape index (κ3) is 4.34. The number of hydrogen-bond acceptors (Lipinski definition) is 4. The minimum atomic E-state index is -0.440. The summed E-state index contributed by atoms with van der Waals surface area (Å²) >= 11 is 0. The molecule has 0 aliphatic carbocycles. The molecule has 1 aromatic carbocycles. The second-order valence-electron chi connectivity index (χ2n) is 7.48. The van der Waals surface area contributed by atoms with Crippen molar-refractivity contribution in [3.05, 3.63) is 59.4 Å². The Labute approximate surface area is 160 Å². The molecule has 3 rings (SSSR count). The van der Waals surface area contributed by atoms with Crippen LogP contribution in [0.15, 0.2) is 42.7 Å². The summed E-state index contributed by atoms with van der Waals surface area (Å²) in [7, 11) is 5.77. The van der Waals surface area contributed by atoms with Gasteiger partial charge in [0.25, 0.3) is 0 Å². The molecule has 0 spiro atoms. The third-order valence-corrected chi connectivity index (χ3v) is 4.85. The molecule has 1 N–H and O–H groups in total. The molecular formula is C21H26N4O2. The van der Waals surface area contributed by atoms with Gasteiger partial charge in [-0.15, -0.1) is 0 Å². The summed E-state index contributed by atoms with van der Waals surface area (Å²) < 4.78 is 0. The Balaban J connectivity index is 1.82. The van der Waals surface area contributed by atoms with Crippen molar-refractivity contribution in [2.24, 2.45) is 5.92 Å². The van der Waals surface area contributed by atoms with Gasteiger partial charge in [0.15, 0.2) is 0 Å². The fraction of sp³-hybridized carbons (Fsp3) is 0.381. The second kappa shape index (κ2) is 7.88. The van der Waals surface area contributed by atoms with Crippen molar-refractivity contribution in [1.29, 1.82) is 0 Å². The molecule has 2 aromatic rings. The number of carbonyl (C=O) groups excluding carboxylic acids is 2. The first-order chi connectivity index (χ1) is 12.8. The standard InChI is InChI=1S/C21H26N4O2/c1-14-8-15(13-24(2)3)10-17(9-14)23-21(27)18-11-19(26)25(4)20(18)16-6-5-7-22-12-16/h5-10,12,18,20H,11,13H2,1-4H3,(H,23,27). The van der Waals surface area contributed by atoms with Crippen molar-refractivity contribution in [2.75, 3.05) is 26.5 Å². The Morgan fingerprint density at radius 2 is 2.11 bits per heavy atom. The number of amides is 2. The van der Waals surface area contributed by atoms with Gasteiger partial charge in [-0.05, 0) is 55.9 Å². The zero-order valence-electron chi connectivity index (χ0n) is 16.3. The number of benzene rings is 1. The number of aryl methyl sites for hydroxylation is 1. The maximum atomic E-state index is 13.0. The van der Waals surface area contributed by atoms with Gasteiger partial charge in [0.1, 0.15) is 0 Å². The first kappa shape index (κ1) is 19.0. The van der Waals surface area contributed by atoms with Crippen molar-refractivity contribution in [3.8, 4) is 0 Å². The summed E-state index contributed by atoms with van der Waals surface area (Å²) in [5.74, 6) is -0.603. The van der Waals surface area contributed by atoms with Crippen molar-refractivity contribution in [3.63, 3.8) is 0 Å². The van der Waals surface area contributed by atoms with Crippen LogP contribution in [0.4, 0.5) is 5.69 Å². The van der Waals surface area contributed by atoms with E-state index in [4.69, 9.17) is 0 Å². The molecule has 0 bridgehead atoms. The van der Waals surface area contributed by atoms with E-state index in [1.807, 2.05) is 45.3 Å². The second-order valence-corrected chi connectivity index (χ2v) is 7.48. The molecule has 1 fully saturated rings. The van der Waals surface area contributed by atoms with Gasteiger partial charge in [0.2, 0.25) is 11.8 Å². The Morgan fingerprint density at radius 1 is 1.33 bits per heavy atom. The zero-order chi connectivity index (χ0) is 19.6. The van der Waals surface area contributed by atoms with Crippen molar-refractivity contribution in [1.82, 2.24) is 14.8 Å². The van der Waals surface area contributed by atoms with Crippen molar-refractivity contribution in [2.45, 2.75) is 25.9 Å². The van der Waals surface area contributed by atoms with Crippen LogP contribution >= 0.6 is 0 Å².